The maximum absolute atomic E-state index is 6.11. The van der Waals surface area contributed by atoms with Crippen LogP contribution in [-0.2, 0) is 12.8 Å². The number of benzene rings is 2. The van der Waals surface area contributed by atoms with Crippen molar-refractivity contribution in [2.75, 3.05) is 19.7 Å². The maximum Gasteiger partial charge on any atom is 0.226 e. The van der Waals surface area contributed by atoms with Crippen LogP contribution in [-0.4, -0.2) is 40.8 Å². The van der Waals surface area contributed by atoms with Gasteiger partial charge >= 0.3 is 0 Å². The minimum atomic E-state index is 0.489. The number of rotatable bonds is 9. The molecule has 0 spiro atoms. The largest absolute Gasteiger partial charge is 0.492 e. The molecule has 1 aliphatic rings. The molecule has 152 valence electrons. The number of aromatic nitrogens is 2. The van der Waals surface area contributed by atoms with Crippen molar-refractivity contribution in [3.8, 4) is 5.75 Å². The van der Waals surface area contributed by atoms with Crippen LogP contribution in [0.15, 0.2) is 59.1 Å². The molecule has 1 atom stereocenters. The second-order valence-corrected chi connectivity index (χ2v) is 7.79. The lowest BCUT2D eigenvalue weighted by molar-refractivity contribution is 0.170. The predicted molar refractivity (Wildman–Crippen MR) is 113 cm³/mol. The Morgan fingerprint density at radius 3 is 2.62 bits per heavy atom. The molecule has 1 saturated heterocycles. The van der Waals surface area contributed by atoms with E-state index in [-0.39, 0.29) is 0 Å². The van der Waals surface area contributed by atoms with Gasteiger partial charge in [-0.15, -0.1) is 0 Å². The summed E-state index contributed by atoms with van der Waals surface area (Å²) in [6.45, 7) is 4.80. The van der Waals surface area contributed by atoms with Crippen LogP contribution in [0.2, 0.25) is 0 Å². The van der Waals surface area contributed by atoms with Gasteiger partial charge in [0.15, 0.2) is 5.82 Å². The van der Waals surface area contributed by atoms with E-state index in [4.69, 9.17) is 9.26 Å². The van der Waals surface area contributed by atoms with Crippen molar-refractivity contribution < 1.29 is 9.26 Å². The quantitative estimate of drug-likeness (QED) is 0.540. The molecule has 29 heavy (non-hydrogen) atoms. The number of hydrogen-bond donors (Lipinski definition) is 0. The molecule has 0 N–H and O–H groups in total. The minimum absolute atomic E-state index is 0.489. The van der Waals surface area contributed by atoms with Crippen molar-refractivity contribution in [2.45, 2.75) is 45.1 Å². The summed E-state index contributed by atoms with van der Waals surface area (Å²) in [6.07, 6.45) is 5.27. The first-order valence-electron chi connectivity index (χ1n) is 10.6. The van der Waals surface area contributed by atoms with Crippen LogP contribution in [0.1, 0.15) is 42.1 Å². The standard InChI is InChI=1S/C24H29N3O2/c1-19-25-24(29-26-19)10-6-16-27-15-5-9-22(27)18-28-23-13-11-21(12-14-23)17-20-7-3-2-4-8-20/h2-4,7-8,11-14,22H,5-6,9-10,15-18H2,1H3/t22-/m0/s1. The fourth-order valence-electron chi connectivity index (χ4n) is 3.98. The summed E-state index contributed by atoms with van der Waals surface area (Å²) in [4.78, 5) is 6.82. The van der Waals surface area contributed by atoms with Crippen molar-refractivity contribution in [2.24, 2.45) is 0 Å². The molecule has 4 rings (SSSR count). The Labute approximate surface area is 172 Å². The number of nitrogens with zero attached hydrogens (tertiary/aromatic N) is 3. The summed E-state index contributed by atoms with van der Waals surface area (Å²) in [6, 6.07) is 19.6. The minimum Gasteiger partial charge on any atom is -0.492 e. The Morgan fingerprint density at radius 1 is 1.07 bits per heavy atom. The van der Waals surface area contributed by atoms with E-state index in [1.807, 2.05) is 6.92 Å². The lowest BCUT2D eigenvalue weighted by Crippen LogP contribution is -2.35. The molecule has 0 bridgehead atoms. The molecular weight excluding hydrogens is 362 g/mol. The van der Waals surface area contributed by atoms with Crippen molar-refractivity contribution in [3.05, 3.63) is 77.4 Å². The van der Waals surface area contributed by atoms with Gasteiger partial charge in [-0.2, -0.15) is 4.98 Å². The van der Waals surface area contributed by atoms with Crippen LogP contribution in [0.4, 0.5) is 0 Å². The molecule has 5 nitrogen and oxygen atoms in total. The number of ether oxygens (including phenoxy) is 1. The first-order valence-corrected chi connectivity index (χ1v) is 10.6. The topological polar surface area (TPSA) is 51.4 Å². The molecule has 1 aliphatic heterocycles. The molecular formula is C24H29N3O2. The Bertz CT molecular complexity index is 877. The van der Waals surface area contributed by atoms with Crippen molar-refractivity contribution in [1.29, 1.82) is 0 Å². The van der Waals surface area contributed by atoms with Crippen molar-refractivity contribution in [1.82, 2.24) is 15.0 Å². The summed E-state index contributed by atoms with van der Waals surface area (Å²) in [5.41, 5.74) is 2.64. The van der Waals surface area contributed by atoms with Crippen LogP contribution in [0.25, 0.3) is 0 Å². The Morgan fingerprint density at radius 2 is 1.86 bits per heavy atom. The first kappa shape index (κ1) is 19.6. The fourth-order valence-corrected chi connectivity index (χ4v) is 3.98. The van der Waals surface area contributed by atoms with Crippen molar-refractivity contribution in [3.63, 3.8) is 0 Å². The van der Waals surface area contributed by atoms with E-state index < -0.39 is 0 Å². The Hall–Kier alpha value is -2.66. The number of aryl methyl sites for hydroxylation is 2. The molecule has 1 aromatic heterocycles. The van der Waals surface area contributed by atoms with Gasteiger partial charge < -0.3 is 9.26 Å². The van der Waals surface area contributed by atoms with Crippen LogP contribution in [0.5, 0.6) is 5.75 Å². The third-order valence-electron chi connectivity index (χ3n) is 5.52. The van der Waals surface area contributed by atoms with Crippen LogP contribution in [0, 0.1) is 6.92 Å². The lowest BCUT2D eigenvalue weighted by atomic mass is 10.1. The molecule has 5 heteroatoms. The molecule has 2 heterocycles. The van der Waals surface area contributed by atoms with E-state index >= 15 is 0 Å². The first-order chi connectivity index (χ1) is 14.3. The van der Waals surface area contributed by atoms with E-state index in [2.05, 4.69) is 69.6 Å². The normalized spacial score (nSPS) is 16.9. The summed E-state index contributed by atoms with van der Waals surface area (Å²) < 4.78 is 11.3. The van der Waals surface area contributed by atoms with E-state index in [1.54, 1.807) is 0 Å². The third kappa shape index (κ3) is 5.67. The summed E-state index contributed by atoms with van der Waals surface area (Å²) in [5.74, 6) is 2.40. The van der Waals surface area contributed by atoms with Gasteiger partial charge in [-0.1, -0.05) is 47.6 Å². The highest BCUT2D eigenvalue weighted by molar-refractivity contribution is 5.31. The third-order valence-corrected chi connectivity index (χ3v) is 5.52. The predicted octanol–water partition coefficient (Wildman–Crippen LogP) is 4.44. The highest BCUT2D eigenvalue weighted by atomic mass is 16.5. The average Bonchev–Trinajstić information content (AvgIpc) is 3.37. The van der Waals surface area contributed by atoms with E-state index in [1.165, 1.54) is 24.0 Å². The number of likely N-dealkylation sites (tertiary alicyclic amines) is 1. The van der Waals surface area contributed by atoms with E-state index in [0.717, 1.165) is 50.6 Å². The molecule has 2 aromatic carbocycles. The molecule has 0 amide bonds. The van der Waals surface area contributed by atoms with Gasteiger partial charge in [0, 0.05) is 12.5 Å². The fraction of sp³-hybridized carbons (Fsp3) is 0.417. The summed E-state index contributed by atoms with van der Waals surface area (Å²) in [7, 11) is 0. The maximum atomic E-state index is 6.11. The molecule has 0 unspecified atom stereocenters. The summed E-state index contributed by atoms with van der Waals surface area (Å²) in [5, 5.41) is 3.85. The van der Waals surface area contributed by atoms with Gasteiger partial charge in [0.1, 0.15) is 12.4 Å². The molecule has 0 aliphatic carbocycles. The highest BCUT2D eigenvalue weighted by Crippen LogP contribution is 2.21. The second-order valence-electron chi connectivity index (χ2n) is 7.79. The summed E-state index contributed by atoms with van der Waals surface area (Å²) >= 11 is 0. The van der Waals surface area contributed by atoms with Gasteiger partial charge in [-0.05, 0) is 69.0 Å². The number of hydrogen-bond acceptors (Lipinski definition) is 5. The van der Waals surface area contributed by atoms with Crippen LogP contribution in [0.3, 0.4) is 0 Å². The SMILES string of the molecule is Cc1noc(CCCN2CCC[C@H]2COc2ccc(Cc3ccccc3)cc2)n1. The smallest absolute Gasteiger partial charge is 0.226 e. The molecule has 0 radical (unpaired) electrons. The molecule has 0 saturated carbocycles. The van der Waals surface area contributed by atoms with Crippen LogP contribution < -0.4 is 4.74 Å². The lowest BCUT2D eigenvalue weighted by Gasteiger charge is -2.24. The molecule has 3 aromatic rings. The van der Waals surface area contributed by atoms with Gasteiger partial charge in [0.2, 0.25) is 5.89 Å². The molecule has 1 fully saturated rings. The van der Waals surface area contributed by atoms with E-state index in [9.17, 15) is 0 Å². The van der Waals surface area contributed by atoms with Gasteiger partial charge in [0.05, 0.1) is 0 Å². The van der Waals surface area contributed by atoms with Crippen molar-refractivity contribution >= 4 is 0 Å². The van der Waals surface area contributed by atoms with Gasteiger partial charge in [0.25, 0.3) is 0 Å². The van der Waals surface area contributed by atoms with Gasteiger partial charge in [-0.25, -0.2) is 0 Å². The highest BCUT2D eigenvalue weighted by Gasteiger charge is 2.24. The Balaban J connectivity index is 1.22. The van der Waals surface area contributed by atoms with Crippen LogP contribution >= 0.6 is 0 Å². The average molecular weight is 392 g/mol. The Kier molecular flexibility index (Phi) is 6.57. The van der Waals surface area contributed by atoms with E-state index in [0.29, 0.717) is 11.9 Å². The second kappa shape index (κ2) is 9.70. The zero-order chi connectivity index (χ0) is 19.9. The van der Waals surface area contributed by atoms with Gasteiger partial charge in [-0.3, -0.25) is 4.90 Å². The zero-order valence-corrected chi connectivity index (χ0v) is 17.1. The monoisotopic (exact) mass is 391 g/mol. The zero-order valence-electron chi connectivity index (χ0n) is 17.1.